The minimum absolute atomic E-state index is 0.120. The fraction of sp³-hybridized carbons (Fsp3) is 0.0870. The molecule has 8 heteroatoms. The lowest BCUT2D eigenvalue weighted by atomic mass is 10.2. The van der Waals surface area contributed by atoms with Gasteiger partial charge in [0.1, 0.15) is 0 Å². The van der Waals surface area contributed by atoms with E-state index in [0.29, 0.717) is 21.0 Å². The smallest absolute Gasteiger partial charge is 0.234 e. The molecular formula is C23H18Cl2N4OS. The number of amides is 1. The van der Waals surface area contributed by atoms with Crippen molar-refractivity contribution in [2.45, 2.75) is 12.1 Å². The quantitative estimate of drug-likeness (QED) is 0.338. The van der Waals surface area contributed by atoms with Crippen molar-refractivity contribution >= 4 is 46.6 Å². The van der Waals surface area contributed by atoms with Gasteiger partial charge in [0.2, 0.25) is 5.91 Å². The monoisotopic (exact) mass is 468 g/mol. The molecule has 0 radical (unpaired) electrons. The van der Waals surface area contributed by atoms with Crippen LogP contribution in [0.15, 0.2) is 78.0 Å². The van der Waals surface area contributed by atoms with Gasteiger partial charge in [0.25, 0.3) is 0 Å². The van der Waals surface area contributed by atoms with Gasteiger partial charge in [-0.2, -0.15) is 0 Å². The van der Waals surface area contributed by atoms with Crippen molar-refractivity contribution in [3.8, 4) is 17.1 Å². The van der Waals surface area contributed by atoms with Crippen LogP contribution in [0.4, 0.5) is 5.69 Å². The molecule has 4 aromatic rings. The summed E-state index contributed by atoms with van der Waals surface area (Å²) < 4.78 is 1.90. The second-order valence-corrected chi connectivity index (χ2v) is 8.65. The van der Waals surface area contributed by atoms with Gasteiger partial charge >= 0.3 is 0 Å². The molecule has 0 saturated carbocycles. The van der Waals surface area contributed by atoms with Crippen LogP contribution < -0.4 is 5.32 Å². The van der Waals surface area contributed by atoms with Crippen LogP contribution in [0.2, 0.25) is 10.0 Å². The van der Waals surface area contributed by atoms with Crippen LogP contribution in [0, 0.1) is 6.92 Å². The van der Waals surface area contributed by atoms with Gasteiger partial charge in [-0.25, -0.2) is 0 Å². The van der Waals surface area contributed by atoms with Gasteiger partial charge in [-0.3, -0.25) is 9.36 Å². The highest BCUT2D eigenvalue weighted by molar-refractivity contribution is 7.99. The molecule has 0 saturated heterocycles. The number of halogens is 2. The van der Waals surface area contributed by atoms with E-state index in [2.05, 4.69) is 15.5 Å². The second-order valence-electron chi connectivity index (χ2n) is 6.83. The summed E-state index contributed by atoms with van der Waals surface area (Å²) in [5.74, 6) is 0.701. The molecule has 0 fully saturated rings. The molecule has 0 aliphatic heterocycles. The average molecular weight is 469 g/mol. The Bertz CT molecular complexity index is 1220. The summed E-state index contributed by atoms with van der Waals surface area (Å²) in [6.07, 6.45) is 0. The van der Waals surface area contributed by atoms with Crippen LogP contribution in [0.25, 0.3) is 17.1 Å². The molecule has 1 aromatic heterocycles. The van der Waals surface area contributed by atoms with Gasteiger partial charge in [-0.15, -0.1) is 10.2 Å². The third kappa shape index (κ3) is 5.28. The number of carbonyl (C=O) groups is 1. The third-order valence-electron chi connectivity index (χ3n) is 4.44. The predicted molar refractivity (Wildman–Crippen MR) is 127 cm³/mol. The standard InChI is InChI=1S/C23H18Cl2N4OS/c1-15-4-2-7-19(12-15)26-21(30)14-31-23-28-27-22(16-5-3-6-18(25)13-16)29(23)20-10-8-17(24)9-11-20/h2-13H,14H2,1H3,(H,26,30). The molecule has 0 atom stereocenters. The van der Waals surface area contributed by atoms with Crippen molar-refractivity contribution in [3.05, 3.63) is 88.4 Å². The summed E-state index contributed by atoms with van der Waals surface area (Å²) >= 11 is 13.6. The van der Waals surface area contributed by atoms with E-state index in [1.165, 1.54) is 11.8 Å². The molecule has 1 N–H and O–H groups in total. The summed E-state index contributed by atoms with van der Waals surface area (Å²) in [6, 6.07) is 22.5. The first-order chi connectivity index (χ1) is 15.0. The van der Waals surface area contributed by atoms with Crippen molar-refractivity contribution in [1.29, 1.82) is 0 Å². The van der Waals surface area contributed by atoms with Crippen molar-refractivity contribution in [3.63, 3.8) is 0 Å². The highest BCUT2D eigenvalue weighted by Gasteiger charge is 2.17. The number of hydrogen-bond acceptors (Lipinski definition) is 4. The highest BCUT2D eigenvalue weighted by Crippen LogP contribution is 2.30. The maximum Gasteiger partial charge on any atom is 0.234 e. The summed E-state index contributed by atoms with van der Waals surface area (Å²) in [6.45, 7) is 1.98. The molecule has 4 rings (SSSR count). The number of carbonyl (C=O) groups excluding carboxylic acids is 1. The van der Waals surface area contributed by atoms with Crippen molar-refractivity contribution in [2.24, 2.45) is 0 Å². The van der Waals surface area contributed by atoms with Crippen LogP contribution >= 0.6 is 35.0 Å². The summed E-state index contributed by atoms with van der Waals surface area (Å²) in [5, 5.41) is 13.4. The first kappa shape index (κ1) is 21.4. The molecule has 0 spiro atoms. The number of benzene rings is 3. The normalized spacial score (nSPS) is 10.8. The van der Waals surface area contributed by atoms with Gasteiger partial charge in [0, 0.05) is 27.0 Å². The molecule has 0 unspecified atom stereocenters. The van der Waals surface area contributed by atoms with Crippen LogP contribution in [0.1, 0.15) is 5.56 Å². The molecule has 0 bridgehead atoms. The number of anilines is 1. The number of rotatable bonds is 6. The predicted octanol–water partition coefficient (Wildman–Crippen LogP) is 6.28. The lowest BCUT2D eigenvalue weighted by molar-refractivity contribution is -0.113. The lowest BCUT2D eigenvalue weighted by Gasteiger charge is -2.11. The number of aromatic nitrogens is 3. The Hall–Kier alpha value is -2.80. The van der Waals surface area contributed by atoms with Crippen molar-refractivity contribution in [1.82, 2.24) is 14.8 Å². The summed E-state index contributed by atoms with van der Waals surface area (Å²) in [4.78, 5) is 12.5. The molecule has 1 heterocycles. The summed E-state index contributed by atoms with van der Waals surface area (Å²) in [5.41, 5.74) is 3.51. The topological polar surface area (TPSA) is 59.8 Å². The molecule has 5 nitrogen and oxygen atoms in total. The number of hydrogen-bond donors (Lipinski definition) is 1. The van der Waals surface area contributed by atoms with E-state index in [-0.39, 0.29) is 11.7 Å². The average Bonchev–Trinajstić information content (AvgIpc) is 3.17. The SMILES string of the molecule is Cc1cccc(NC(=O)CSc2nnc(-c3cccc(Cl)c3)n2-c2ccc(Cl)cc2)c1. The molecule has 3 aromatic carbocycles. The Kier molecular flexibility index (Phi) is 6.61. The van der Waals surface area contributed by atoms with Gasteiger partial charge in [0.05, 0.1) is 5.75 Å². The van der Waals surface area contributed by atoms with Gasteiger partial charge in [-0.1, -0.05) is 59.2 Å². The zero-order valence-corrected chi connectivity index (χ0v) is 18.9. The molecule has 156 valence electrons. The Morgan fingerprint density at radius 1 is 0.968 bits per heavy atom. The third-order valence-corrected chi connectivity index (χ3v) is 5.85. The van der Waals surface area contributed by atoms with Crippen molar-refractivity contribution < 1.29 is 4.79 Å². The Morgan fingerprint density at radius 3 is 2.48 bits per heavy atom. The van der Waals surface area contributed by atoms with Crippen LogP contribution in [0.3, 0.4) is 0 Å². The van der Waals surface area contributed by atoms with Gasteiger partial charge in [0.15, 0.2) is 11.0 Å². The fourth-order valence-electron chi connectivity index (χ4n) is 3.05. The Morgan fingerprint density at radius 2 is 1.74 bits per heavy atom. The van der Waals surface area contributed by atoms with Gasteiger partial charge in [-0.05, 0) is 61.0 Å². The largest absolute Gasteiger partial charge is 0.325 e. The minimum Gasteiger partial charge on any atom is -0.325 e. The molecule has 0 aliphatic rings. The van der Waals surface area contributed by atoms with E-state index in [4.69, 9.17) is 23.2 Å². The molecule has 31 heavy (non-hydrogen) atoms. The van der Waals surface area contributed by atoms with E-state index < -0.39 is 0 Å². The lowest BCUT2D eigenvalue weighted by Crippen LogP contribution is -2.14. The Labute approximate surface area is 194 Å². The molecule has 0 aliphatic carbocycles. The van der Waals surface area contributed by atoms with Crippen LogP contribution in [-0.2, 0) is 4.79 Å². The van der Waals surface area contributed by atoms with Crippen LogP contribution in [0.5, 0.6) is 0 Å². The van der Waals surface area contributed by atoms with Crippen LogP contribution in [-0.4, -0.2) is 26.4 Å². The van der Waals surface area contributed by atoms with E-state index in [1.807, 2.05) is 66.1 Å². The summed E-state index contributed by atoms with van der Waals surface area (Å²) in [7, 11) is 0. The zero-order valence-electron chi connectivity index (χ0n) is 16.5. The molecule has 1 amide bonds. The number of nitrogens with one attached hydrogen (secondary N) is 1. The number of thioether (sulfide) groups is 1. The Balaban J connectivity index is 1.61. The number of aryl methyl sites for hydroxylation is 1. The maximum absolute atomic E-state index is 12.5. The van der Waals surface area contributed by atoms with Gasteiger partial charge < -0.3 is 5.32 Å². The zero-order chi connectivity index (χ0) is 21.8. The minimum atomic E-state index is -0.120. The van der Waals surface area contributed by atoms with E-state index >= 15 is 0 Å². The first-order valence-electron chi connectivity index (χ1n) is 9.46. The number of nitrogens with zero attached hydrogens (tertiary/aromatic N) is 3. The highest BCUT2D eigenvalue weighted by atomic mass is 35.5. The van der Waals surface area contributed by atoms with E-state index in [0.717, 1.165) is 22.5 Å². The van der Waals surface area contributed by atoms with E-state index in [9.17, 15) is 4.79 Å². The molecular weight excluding hydrogens is 451 g/mol. The second kappa shape index (κ2) is 9.56. The maximum atomic E-state index is 12.5. The van der Waals surface area contributed by atoms with E-state index in [1.54, 1.807) is 18.2 Å². The first-order valence-corrected chi connectivity index (χ1v) is 11.2. The fourth-order valence-corrected chi connectivity index (χ4v) is 4.12. The van der Waals surface area contributed by atoms with Crippen molar-refractivity contribution in [2.75, 3.05) is 11.1 Å².